The molecule has 132 valence electrons. The second-order valence-electron chi connectivity index (χ2n) is 6.97. The molecule has 0 aliphatic rings. The maximum atomic E-state index is 12.4. The molecule has 2 aromatic rings. The van der Waals surface area contributed by atoms with Crippen LogP contribution in [0.1, 0.15) is 36.1 Å². The Kier molecular flexibility index (Phi) is 5.97. The lowest BCUT2D eigenvalue weighted by Gasteiger charge is -2.23. The topological polar surface area (TPSA) is 58.2 Å². The van der Waals surface area contributed by atoms with Crippen LogP contribution in [0.25, 0.3) is 0 Å². The van der Waals surface area contributed by atoms with E-state index in [1.165, 1.54) is 5.56 Å². The van der Waals surface area contributed by atoms with E-state index < -0.39 is 5.41 Å². The Labute approximate surface area is 149 Å². The van der Waals surface area contributed by atoms with Crippen LogP contribution in [0.3, 0.4) is 0 Å². The molecule has 0 saturated heterocycles. The lowest BCUT2D eigenvalue weighted by atomic mass is 9.90. The first-order chi connectivity index (χ1) is 11.8. The van der Waals surface area contributed by atoms with Gasteiger partial charge in [0.2, 0.25) is 11.8 Å². The predicted octanol–water partition coefficient (Wildman–Crippen LogP) is 3.26. The van der Waals surface area contributed by atoms with Crippen molar-refractivity contribution >= 4 is 11.8 Å². The minimum absolute atomic E-state index is 0.282. The first kappa shape index (κ1) is 18.7. The predicted molar refractivity (Wildman–Crippen MR) is 99.8 cm³/mol. The Morgan fingerprint density at radius 1 is 0.800 bits per heavy atom. The molecule has 0 atom stereocenters. The number of hydrogen-bond acceptors (Lipinski definition) is 2. The molecule has 2 amide bonds. The van der Waals surface area contributed by atoms with E-state index in [9.17, 15) is 9.59 Å². The van der Waals surface area contributed by atoms with Crippen molar-refractivity contribution in [3.8, 4) is 0 Å². The fraction of sp³-hybridized carbons (Fsp3) is 0.333. The van der Waals surface area contributed by atoms with Crippen LogP contribution >= 0.6 is 0 Å². The van der Waals surface area contributed by atoms with Crippen molar-refractivity contribution in [3.05, 3.63) is 70.8 Å². The molecule has 0 aromatic heterocycles. The van der Waals surface area contributed by atoms with Crippen LogP contribution in [-0.4, -0.2) is 11.8 Å². The highest BCUT2D eigenvalue weighted by Crippen LogP contribution is 2.16. The van der Waals surface area contributed by atoms with Gasteiger partial charge in [-0.3, -0.25) is 9.59 Å². The maximum absolute atomic E-state index is 12.4. The first-order valence-corrected chi connectivity index (χ1v) is 8.47. The van der Waals surface area contributed by atoms with Gasteiger partial charge in [-0.2, -0.15) is 0 Å². The van der Waals surface area contributed by atoms with E-state index in [0.717, 1.165) is 16.7 Å². The van der Waals surface area contributed by atoms with Gasteiger partial charge < -0.3 is 10.6 Å². The Balaban J connectivity index is 1.90. The monoisotopic (exact) mass is 338 g/mol. The van der Waals surface area contributed by atoms with Gasteiger partial charge in [-0.05, 0) is 38.8 Å². The third kappa shape index (κ3) is 5.18. The molecule has 0 aliphatic heterocycles. The van der Waals surface area contributed by atoms with Crippen molar-refractivity contribution in [1.29, 1.82) is 0 Å². The molecule has 0 fully saturated rings. The van der Waals surface area contributed by atoms with Crippen molar-refractivity contribution in [2.45, 2.75) is 40.8 Å². The second-order valence-corrected chi connectivity index (χ2v) is 6.97. The van der Waals surface area contributed by atoms with Gasteiger partial charge in [-0.15, -0.1) is 0 Å². The van der Waals surface area contributed by atoms with Crippen LogP contribution < -0.4 is 10.6 Å². The van der Waals surface area contributed by atoms with Crippen LogP contribution in [0.2, 0.25) is 0 Å². The highest BCUT2D eigenvalue weighted by molar-refractivity contribution is 6.04. The summed E-state index contributed by atoms with van der Waals surface area (Å²) in [7, 11) is 0. The Morgan fingerprint density at radius 3 is 1.92 bits per heavy atom. The summed E-state index contributed by atoms with van der Waals surface area (Å²) in [5.41, 5.74) is 3.21. The number of benzene rings is 2. The van der Waals surface area contributed by atoms with Crippen molar-refractivity contribution in [3.63, 3.8) is 0 Å². The third-order valence-electron chi connectivity index (χ3n) is 4.24. The molecular weight excluding hydrogens is 312 g/mol. The molecule has 25 heavy (non-hydrogen) atoms. The van der Waals surface area contributed by atoms with Gasteiger partial charge >= 0.3 is 0 Å². The Hall–Kier alpha value is -2.62. The van der Waals surface area contributed by atoms with Crippen molar-refractivity contribution < 1.29 is 9.59 Å². The van der Waals surface area contributed by atoms with E-state index >= 15 is 0 Å². The number of hydrogen-bond donors (Lipinski definition) is 2. The zero-order valence-corrected chi connectivity index (χ0v) is 15.3. The molecule has 4 nitrogen and oxygen atoms in total. The molecule has 0 spiro atoms. The summed E-state index contributed by atoms with van der Waals surface area (Å²) in [6.07, 6.45) is 0. The Morgan fingerprint density at radius 2 is 1.36 bits per heavy atom. The number of carbonyl (C=O) groups is 2. The van der Waals surface area contributed by atoms with Crippen molar-refractivity contribution in [2.24, 2.45) is 5.41 Å². The van der Waals surface area contributed by atoms with Crippen LogP contribution in [-0.2, 0) is 22.7 Å². The summed E-state index contributed by atoms with van der Waals surface area (Å²) in [5, 5.41) is 5.70. The average molecular weight is 338 g/mol. The zero-order valence-electron chi connectivity index (χ0n) is 15.3. The normalized spacial score (nSPS) is 11.0. The molecule has 4 heteroatoms. The zero-order chi connectivity index (χ0) is 18.4. The highest BCUT2D eigenvalue weighted by Gasteiger charge is 2.35. The lowest BCUT2D eigenvalue weighted by Crippen LogP contribution is -2.47. The number of rotatable bonds is 6. The second kappa shape index (κ2) is 7.97. The minimum Gasteiger partial charge on any atom is -0.351 e. The fourth-order valence-electron chi connectivity index (χ4n) is 2.44. The fourth-order valence-corrected chi connectivity index (χ4v) is 2.44. The Bertz CT molecular complexity index is 749. The third-order valence-corrected chi connectivity index (χ3v) is 4.24. The summed E-state index contributed by atoms with van der Waals surface area (Å²) >= 11 is 0. The molecule has 0 unspecified atom stereocenters. The molecular formula is C21H26N2O2. The van der Waals surface area contributed by atoms with E-state index in [1.54, 1.807) is 13.8 Å². The molecule has 0 saturated carbocycles. The van der Waals surface area contributed by atoms with Crippen LogP contribution in [0.5, 0.6) is 0 Å². The SMILES string of the molecule is Cc1ccc(CNC(=O)C(C)(C)C(=O)NCc2cccc(C)c2)cc1. The van der Waals surface area contributed by atoms with Gasteiger partial charge in [0.05, 0.1) is 0 Å². The highest BCUT2D eigenvalue weighted by atomic mass is 16.2. The van der Waals surface area contributed by atoms with E-state index in [2.05, 4.69) is 10.6 Å². The molecule has 2 N–H and O–H groups in total. The van der Waals surface area contributed by atoms with E-state index in [-0.39, 0.29) is 11.8 Å². The van der Waals surface area contributed by atoms with E-state index in [0.29, 0.717) is 13.1 Å². The molecule has 0 aliphatic carbocycles. The van der Waals surface area contributed by atoms with Crippen LogP contribution in [0.4, 0.5) is 0 Å². The quantitative estimate of drug-likeness (QED) is 0.794. The summed E-state index contributed by atoms with van der Waals surface area (Å²) in [4.78, 5) is 24.9. The molecule has 0 heterocycles. The van der Waals surface area contributed by atoms with Gasteiger partial charge in [-0.1, -0.05) is 59.7 Å². The summed E-state index contributed by atoms with van der Waals surface area (Å²) in [6.45, 7) is 8.13. The minimum atomic E-state index is -1.13. The molecule has 0 radical (unpaired) electrons. The lowest BCUT2D eigenvalue weighted by molar-refractivity contribution is -0.141. The molecule has 2 rings (SSSR count). The molecule has 2 aromatic carbocycles. The van der Waals surface area contributed by atoms with Gasteiger partial charge in [0, 0.05) is 13.1 Å². The standard InChI is InChI=1S/C21H26N2O2/c1-15-8-10-17(11-9-15)13-22-19(24)21(3,4)20(25)23-14-18-7-5-6-16(2)12-18/h5-12H,13-14H2,1-4H3,(H,22,24)(H,23,25). The largest absolute Gasteiger partial charge is 0.351 e. The van der Waals surface area contributed by atoms with Crippen LogP contribution in [0, 0.1) is 19.3 Å². The van der Waals surface area contributed by atoms with Gasteiger partial charge in [0.25, 0.3) is 0 Å². The van der Waals surface area contributed by atoms with E-state index in [1.807, 2.05) is 62.4 Å². The average Bonchev–Trinajstić information content (AvgIpc) is 2.58. The van der Waals surface area contributed by atoms with Crippen molar-refractivity contribution in [1.82, 2.24) is 10.6 Å². The first-order valence-electron chi connectivity index (χ1n) is 8.47. The van der Waals surface area contributed by atoms with E-state index in [4.69, 9.17) is 0 Å². The van der Waals surface area contributed by atoms with Gasteiger partial charge in [0.15, 0.2) is 0 Å². The number of amides is 2. The maximum Gasteiger partial charge on any atom is 0.235 e. The summed E-state index contributed by atoms with van der Waals surface area (Å²) in [5.74, 6) is -0.565. The summed E-state index contributed by atoms with van der Waals surface area (Å²) < 4.78 is 0. The van der Waals surface area contributed by atoms with Crippen LogP contribution in [0.15, 0.2) is 48.5 Å². The van der Waals surface area contributed by atoms with Crippen molar-refractivity contribution in [2.75, 3.05) is 0 Å². The number of carbonyl (C=O) groups excluding carboxylic acids is 2. The number of aryl methyl sites for hydroxylation is 2. The smallest absolute Gasteiger partial charge is 0.235 e. The molecule has 0 bridgehead atoms. The summed E-state index contributed by atoms with van der Waals surface area (Å²) in [6, 6.07) is 15.9. The van der Waals surface area contributed by atoms with Gasteiger partial charge in [0.1, 0.15) is 5.41 Å². The number of nitrogens with one attached hydrogen (secondary N) is 2. The van der Waals surface area contributed by atoms with Gasteiger partial charge in [-0.25, -0.2) is 0 Å².